The van der Waals surface area contributed by atoms with Gasteiger partial charge >= 0.3 is 0 Å². The Hall–Kier alpha value is -2.91. The van der Waals surface area contributed by atoms with Gasteiger partial charge in [-0.3, -0.25) is 9.69 Å². The third-order valence-corrected chi connectivity index (χ3v) is 6.86. The minimum Gasteiger partial charge on any atom is -0.347 e. The fraction of sp³-hybridized carbons (Fsp3) is 0.296. The van der Waals surface area contributed by atoms with Crippen molar-refractivity contribution in [1.29, 1.82) is 0 Å². The second-order valence-electron chi connectivity index (χ2n) is 8.53. The van der Waals surface area contributed by atoms with Gasteiger partial charge in [0.05, 0.1) is 0 Å². The lowest BCUT2D eigenvalue weighted by Gasteiger charge is -2.54. The first kappa shape index (κ1) is 19.1. The van der Waals surface area contributed by atoms with Crippen LogP contribution in [-0.4, -0.2) is 36.0 Å². The zero-order valence-electron chi connectivity index (χ0n) is 17.2. The standard InChI is InChI=1S/C27H28N2O/c30-27(23-14-8-3-9-15-23)28-25-22-16-18-29(19-17-22)26(25)24(20-10-4-1-5-11-20)21-12-6-2-7-13-21/h1-15,22,24-26H,16-19H2,(H,28,30)/t25-,26-/m0/s1. The minimum atomic E-state index is 0.0409. The van der Waals surface area contributed by atoms with E-state index in [1.54, 1.807) is 0 Å². The van der Waals surface area contributed by atoms with Crippen LogP contribution in [-0.2, 0) is 0 Å². The molecule has 0 spiro atoms. The molecule has 3 aliphatic rings. The van der Waals surface area contributed by atoms with Gasteiger partial charge in [0.25, 0.3) is 5.91 Å². The second kappa shape index (κ2) is 8.45. The SMILES string of the molecule is O=C(N[C@H]1C2CCN(CC2)[C@H]1C(c1ccccc1)c1ccccc1)c1ccccc1. The molecule has 0 radical (unpaired) electrons. The molecule has 3 aromatic rings. The molecule has 3 heteroatoms. The Morgan fingerprint density at radius 1 is 0.767 bits per heavy atom. The molecule has 0 saturated carbocycles. The highest BCUT2D eigenvalue weighted by atomic mass is 16.1. The van der Waals surface area contributed by atoms with Crippen LogP contribution < -0.4 is 5.32 Å². The van der Waals surface area contributed by atoms with Gasteiger partial charge in [0, 0.05) is 23.6 Å². The number of amides is 1. The molecule has 3 aromatic carbocycles. The van der Waals surface area contributed by atoms with Crippen LogP contribution >= 0.6 is 0 Å². The molecular weight excluding hydrogens is 368 g/mol. The fourth-order valence-electron chi connectivity index (χ4n) is 5.44. The van der Waals surface area contributed by atoms with Crippen molar-refractivity contribution in [3.8, 4) is 0 Å². The molecule has 0 unspecified atom stereocenters. The number of nitrogens with zero attached hydrogens (tertiary/aromatic N) is 1. The van der Waals surface area contributed by atoms with Gasteiger partial charge in [-0.2, -0.15) is 0 Å². The van der Waals surface area contributed by atoms with Crippen LogP contribution in [0.3, 0.4) is 0 Å². The summed E-state index contributed by atoms with van der Waals surface area (Å²) < 4.78 is 0. The maximum Gasteiger partial charge on any atom is 0.251 e. The molecule has 0 aliphatic carbocycles. The summed E-state index contributed by atoms with van der Waals surface area (Å²) >= 11 is 0. The average molecular weight is 397 g/mol. The van der Waals surface area contributed by atoms with E-state index < -0.39 is 0 Å². The van der Waals surface area contributed by atoms with Crippen molar-refractivity contribution in [2.24, 2.45) is 5.92 Å². The molecule has 152 valence electrons. The Balaban J connectivity index is 1.53. The van der Waals surface area contributed by atoms with E-state index in [1.807, 2.05) is 30.3 Å². The molecule has 1 N–H and O–H groups in total. The molecule has 3 heterocycles. The molecule has 3 aliphatic heterocycles. The second-order valence-corrected chi connectivity index (χ2v) is 8.53. The Morgan fingerprint density at radius 2 is 1.27 bits per heavy atom. The summed E-state index contributed by atoms with van der Waals surface area (Å²) in [5, 5.41) is 3.46. The lowest BCUT2D eigenvalue weighted by Crippen LogP contribution is -2.65. The van der Waals surface area contributed by atoms with Crippen LogP contribution in [0.4, 0.5) is 0 Å². The number of hydrogen-bond acceptors (Lipinski definition) is 2. The Bertz CT molecular complexity index is 926. The van der Waals surface area contributed by atoms with Gasteiger partial charge in [-0.1, -0.05) is 78.9 Å². The maximum atomic E-state index is 13.1. The summed E-state index contributed by atoms with van der Waals surface area (Å²) in [6.45, 7) is 2.23. The summed E-state index contributed by atoms with van der Waals surface area (Å²) in [4.78, 5) is 15.7. The molecule has 3 nitrogen and oxygen atoms in total. The predicted octanol–water partition coefficient (Wildman–Crippen LogP) is 4.71. The van der Waals surface area contributed by atoms with Crippen molar-refractivity contribution in [3.63, 3.8) is 0 Å². The summed E-state index contributed by atoms with van der Waals surface area (Å²) in [5.74, 6) is 0.804. The first-order chi connectivity index (χ1) is 14.8. The van der Waals surface area contributed by atoms with Crippen LogP contribution in [0.5, 0.6) is 0 Å². The summed E-state index contributed by atoms with van der Waals surface area (Å²) in [6, 6.07) is 31.6. The summed E-state index contributed by atoms with van der Waals surface area (Å²) in [7, 11) is 0. The van der Waals surface area contributed by atoms with E-state index in [1.165, 1.54) is 11.1 Å². The van der Waals surface area contributed by atoms with Crippen LogP contribution in [0, 0.1) is 5.92 Å². The van der Waals surface area contributed by atoms with Gasteiger partial charge in [-0.15, -0.1) is 0 Å². The molecule has 3 fully saturated rings. The molecule has 2 atom stereocenters. The first-order valence-corrected chi connectivity index (χ1v) is 11.0. The van der Waals surface area contributed by atoms with Crippen LogP contribution in [0.25, 0.3) is 0 Å². The van der Waals surface area contributed by atoms with Gasteiger partial charge < -0.3 is 5.32 Å². The zero-order chi connectivity index (χ0) is 20.3. The van der Waals surface area contributed by atoms with Crippen molar-refractivity contribution in [1.82, 2.24) is 10.2 Å². The monoisotopic (exact) mass is 396 g/mol. The van der Waals surface area contributed by atoms with Gasteiger partial charge in [-0.05, 0) is 55.1 Å². The number of carbonyl (C=O) groups is 1. The molecule has 3 saturated heterocycles. The number of hydrogen-bond donors (Lipinski definition) is 1. The van der Waals surface area contributed by atoms with Crippen molar-refractivity contribution < 1.29 is 4.79 Å². The fourth-order valence-corrected chi connectivity index (χ4v) is 5.44. The Morgan fingerprint density at radius 3 is 1.80 bits per heavy atom. The Labute approximate surface area is 178 Å². The third kappa shape index (κ3) is 3.66. The van der Waals surface area contributed by atoms with E-state index in [-0.39, 0.29) is 23.9 Å². The van der Waals surface area contributed by atoms with Crippen molar-refractivity contribution in [3.05, 3.63) is 108 Å². The normalized spacial score (nSPS) is 25.2. The van der Waals surface area contributed by atoms with Crippen molar-refractivity contribution in [2.45, 2.75) is 30.8 Å². The molecule has 2 bridgehead atoms. The molecule has 0 aromatic heterocycles. The van der Waals surface area contributed by atoms with E-state index in [2.05, 4.69) is 70.9 Å². The number of rotatable bonds is 5. The Kier molecular flexibility index (Phi) is 5.37. The quantitative estimate of drug-likeness (QED) is 0.677. The number of piperidine rings is 3. The van der Waals surface area contributed by atoms with Crippen LogP contribution in [0.15, 0.2) is 91.0 Å². The third-order valence-electron chi connectivity index (χ3n) is 6.86. The van der Waals surface area contributed by atoms with Crippen LogP contribution in [0.1, 0.15) is 40.2 Å². The highest BCUT2D eigenvalue weighted by Gasteiger charge is 2.47. The molecule has 6 rings (SSSR count). The van der Waals surface area contributed by atoms with E-state index in [0.717, 1.165) is 31.5 Å². The van der Waals surface area contributed by atoms with Gasteiger partial charge in [0.1, 0.15) is 0 Å². The van der Waals surface area contributed by atoms with E-state index >= 15 is 0 Å². The van der Waals surface area contributed by atoms with Gasteiger partial charge in [0.15, 0.2) is 0 Å². The topological polar surface area (TPSA) is 32.3 Å². The van der Waals surface area contributed by atoms with Crippen molar-refractivity contribution in [2.75, 3.05) is 13.1 Å². The predicted molar refractivity (Wildman–Crippen MR) is 121 cm³/mol. The largest absolute Gasteiger partial charge is 0.347 e. The van der Waals surface area contributed by atoms with E-state index in [9.17, 15) is 4.79 Å². The van der Waals surface area contributed by atoms with E-state index in [4.69, 9.17) is 0 Å². The van der Waals surface area contributed by atoms with Gasteiger partial charge in [-0.25, -0.2) is 0 Å². The first-order valence-electron chi connectivity index (χ1n) is 11.0. The number of benzene rings is 3. The average Bonchev–Trinajstić information content (AvgIpc) is 2.83. The number of nitrogens with one attached hydrogen (secondary N) is 1. The van der Waals surface area contributed by atoms with Crippen molar-refractivity contribution >= 4 is 5.91 Å². The zero-order valence-corrected chi connectivity index (χ0v) is 17.2. The molecular formula is C27H28N2O. The molecule has 30 heavy (non-hydrogen) atoms. The lowest BCUT2D eigenvalue weighted by molar-refractivity contribution is 0.00617. The highest BCUT2D eigenvalue weighted by Crippen LogP contribution is 2.42. The summed E-state index contributed by atoms with van der Waals surface area (Å²) in [5.41, 5.74) is 3.38. The minimum absolute atomic E-state index is 0.0409. The highest BCUT2D eigenvalue weighted by molar-refractivity contribution is 5.94. The maximum absolute atomic E-state index is 13.1. The smallest absolute Gasteiger partial charge is 0.251 e. The summed E-state index contributed by atoms with van der Waals surface area (Å²) in [6.07, 6.45) is 2.32. The van der Waals surface area contributed by atoms with E-state index in [0.29, 0.717) is 5.92 Å². The number of carbonyl (C=O) groups excluding carboxylic acids is 1. The van der Waals surface area contributed by atoms with Gasteiger partial charge in [0.2, 0.25) is 0 Å². The number of fused-ring (bicyclic) bond motifs is 3. The molecule has 1 amide bonds. The van der Waals surface area contributed by atoms with Crippen LogP contribution in [0.2, 0.25) is 0 Å². The lowest BCUT2D eigenvalue weighted by atomic mass is 9.70.